The van der Waals surface area contributed by atoms with Crippen molar-refractivity contribution in [1.82, 2.24) is 0 Å². The van der Waals surface area contributed by atoms with E-state index in [2.05, 4.69) is 166 Å². The Kier molecular flexibility index (Phi) is 8.18. The number of anilines is 6. The van der Waals surface area contributed by atoms with Gasteiger partial charge in [-0.2, -0.15) is 0 Å². The SMILES string of the molecule is CC1(C)c2cc(N(c3ccccc3)c3cccc(F)c3)ccc2-c2c1cc(N(c1ccccc1)c1ccc(SI)c3ccccc13)c1ccc#cc21. The Morgan fingerprint density at radius 3 is 1.98 bits per heavy atom. The molecular formula is C47H32FIN2S. The Bertz CT molecular complexity index is 2620. The van der Waals surface area contributed by atoms with E-state index in [1.165, 1.54) is 44.0 Å². The van der Waals surface area contributed by atoms with Gasteiger partial charge in [0.2, 0.25) is 0 Å². The maximum Gasteiger partial charge on any atom is 0.125 e. The number of fused-ring (bicyclic) bond motifs is 6. The summed E-state index contributed by atoms with van der Waals surface area (Å²) in [6.07, 6.45) is 0. The Labute approximate surface area is 320 Å². The minimum absolute atomic E-state index is 0.267. The van der Waals surface area contributed by atoms with Gasteiger partial charge in [-0.15, -0.1) is 0 Å². The fraction of sp³-hybridized carbons (Fsp3) is 0.0638. The zero-order valence-electron chi connectivity index (χ0n) is 28.6. The maximum atomic E-state index is 14.7. The van der Waals surface area contributed by atoms with Gasteiger partial charge in [-0.1, -0.05) is 108 Å². The Balaban J connectivity index is 1.28. The molecule has 0 aromatic heterocycles. The van der Waals surface area contributed by atoms with Crippen LogP contribution in [0.1, 0.15) is 25.0 Å². The van der Waals surface area contributed by atoms with E-state index in [-0.39, 0.29) is 11.2 Å². The molecule has 52 heavy (non-hydrogen) atoms. The van der Waals surface area contributed by atoms with Gasteiger partial charge in [-0.05, 0) is 107 Å². The van der Waals surface area contributed by atoms with Gasteiger partial charge < -0.3 is 9.80 Å². The highest BCUT2D eigenvalue weighted by atomic mass is 127. The van der Waals surface area contributed by atoms with Gasteiger partial charge in [-0.3, -0.25) is 0 Å². The van der Waals surface area contributed by atoms with Gasteiger partial charge in [0.15, 0.2) is 0 Å². The summed E-state index contributed by atoms with van der Waals surface area (Å²) in [4.78, 5) is 5.78. The van der Waals surface area contributed by atoms with Gasteiger partial charge in [0.25, 0.3) is 0 Å². The molecule has 8 aromatic rings. The number of nitrogens with zero attached hydrogens (tertiary/aromatic N) is 2. The minimum atomic E-state index is -0.357. The summed E-state index contributed by atoms with van der Waals surface area (Å²) >= 11 is 2.38. The van der Waals surface area contributed by atoms with E-state index >= 15 is 0 Å². The van der Waals surface area contributed by atoms with Gasteiger partial charge in [-0.25, -0.2) is 4.39 Å². The molecule has 1 aliphatic carbocycles. The first kappa shape index (κ1) is 32.6. The van der Waals surface area contributed by atoms with Crippen molar-refractivity contribution in [2.45, 2.75) is 24.2 Å². The van der Waals surface area contributed by atoms with E-state index in [0.29, 0.717) is 0 Å². The lowest BCUT2D eigenvalue weighted by molar-refractivity contribution is 0.628. The zero-order chi connectivity index (χ0) is 35.4. The van der Waals surface area contributed by atoms with E-state index in [1.807, 2.05) is 30.3 Å². The van der Waals surface area contributed by atoms with Crippen molar-refractivity contribution in [1.29, 1.82) is 0 Å². The van der Waals surface area contributed by atoms with E-state index in [4.69, 9.17) is 0 Å². The normalized spacial score (nSPS) is 12.7. The molecule has 2 nitrogen and oxygen atoms in total. The van der Waals surface area contributed by atoms with Crippen molar-refractivity contribution in [2.24, 2.45) is 0 Å². The molecule has 0 radical (unpaired) electrons. The summed E-state index contributed by atoms with van der Waals surface area (Å²) < 4.78 is 14.7. The number of rotatable bonds is 7. The van der Waals surface area contributed by atoms with Crippen LogP contribution in [0.3, 0.4) is 0 Å². The highest BCUT2D eigenvalue weighted by Crippen LogP contribution is 2.56. The number of para-hydroxylation sites is 2. The monoisotopic (exact) mass is 802 g/mol. The molecule has 250 valence electrons. The van der Waals surface area contributed by atoms with Crippen molar-refractivity contribution in [3.63, 3.8) is 0 Å². The highest BCUT2D eigenvalue weighted by Gasteiger charge is 2.39. The second-order valence-corrected chi connectivity index (χ2v) is 15.5. The van der Waals surface area contributed by atoms with Crippen molar-refractivity contribution >= 4 is 85.8 Å². The summed E-state index contributed by atoms with van der Waals surface area (Å²) in [5.41, 5.74) is 10.5. The smallest absolute Gasteiger partial charge is 0.125 e. The topological polar surface area (TPSA) is 6.48 Å². The maximum absolute atomic E-state index is 14.7. The molecular weight excluding hydrogens is 770 g/mol. The van der Waals surface area contributed by atoms with Crippen LogP contribution in [-0.2, 0) is 5.41 Å². The largest absolute Gasteiger partial charge is 0.310 e. The van der Waals surface area contributed by atoms with Gasteiger partial charge >= 0.3 is 0 Å². The molecule has 0 spiro atoms. The van der Waals surface area contributed by atoms with Crippen LogP contribution in [-0.4, -0.2) is 0 Å². The average Bonchev–Trinajstić information content (AvgIpc) is 3.41. The van der Waals surface area contributed by atoms with Crippen LogP contribution >= 0.6 is 30.1 Å². The van der Waals surface area contributed by atoms with E-state index in [9.17, 15) is 4.39 Å². The summed E-state index contributed by atoms with van der Waals surface area (Å²) in [5, 5.41) is 4.58. The second kappa shape index (κ2) is 13.0. The number of halogens is 2. The van der Waals surface area contributed by atoms with Crippen molar-refractivity contribution < 1.29 is 4.39 Å². The molecule has 9 rings (SSSR count). The third-order valence-electron chi connectivity index (χ3n) is 10.3. The molecule has 0 heterocycles. The lowest BCUT2D eigenvalue weighted by atomic mass is 9.81. The molecule has 8 aromatic carbocycles. The van der Waals surface area contributed by atoms with Crippen LogP contribution in [0.2, 0.25) is 0 Å². The predicted molar refractivity (Wildman–Crippen MR) is 226 cm³/mol. The van der Waals surface area contributed by atoms with Gasteiger partial charge in [0.1, 0.15) is 5.82 Å². The number of hydrogen-bond donors (Lipinski definition) is 0. The van der Waals surface area contributed by atoms with Crippen molar-refractivity contribution in [3.05, 3.63) is 187 Å². The van der Waals surface area contributed by atoms with Gasteiger partial charge in [0, 0.05) is 76.0 Å². The fourth-order valence-corrected chi connectivity index (χ4v) is 9.41. The van der Waals surface area contributed by atoms with Crippen LogP contribution in [0.15, 0.2) is 163 Å². The van der Waals surface area contributed by atoms with Crippen molar-refractivity contribution in [3.8, 4) is 11.1 Å². The van der Waals surface area contributed by atoms with E-state index in [0.717, 1.165) is 44.9 Å². The zero-order valence-corrected chi connectivity index (χ0v) is 31.5. The molecule has 5 heteroatoms. The Hall–Kier alpha value is -5.29. The predicted octanol–water partition coefficient (Wildman–Crippen LogP) is 14.4. The minimum Gasteiger partial charge on any atom is -0.310 e. The van der Waals surface area contributed by atoms with Crippen molar-refractivity contribution in [2.75, 3.05) is 9.80 Å². The van der Waals surface area contributed by atoms with E-state index in [1.54, 1.807) is 21.1 Å². The quantitative estimate of drug-likeness (QED) is 0.148. The summed E-state index contributed by atoms with van der Waals surface area (Å²) in [6.45, 7) is 4.63. The molecule has 0 saturated heterocycles. The summed E-state index contributed by atoms with van der Waals surface area (Å²) in [6, 6.07) is 60.9. The molecule has 0 amide bonds. The lowest BCUT2D eigenvalue weighted by Crippen LogP contribution is -2.18. The van der Waals surface area contributed by atoms with Crippen LogP contribution < -0.4 is 9.80 Å². The standard InChI is InChI=1S/C47H32FIN2S/c1-47(2)41-29-35(50(32-15-5-3-6-16-32)34-19-13-14-31(48)28-34)24-25-40(41)46-39-23-12-10-21-37(39)44(30-42(46)47)51(33-17-7-4-8-18-33)43-26-27-45(52-49)38-22-11-9-20-36(38)43/h3-11,13-22,24-30H,1-2H3. The third-order valence-corrected chi connectivity index (χ3v) is 12.2. The fourth-order valence-electron chi connectivity index (χ4n) is 7.87. The molecule has 0 saturated carbocycles. The Morgan fingerprint density at radius 1 is 0.577 bits per heavy atom. The summed E-state index contributed by atoms with van der Waals surface area (Å²) in [5.74, 6) is -0.267. The average molecular weight is 803 g/mol. The first-order valence-electron chi connectivity index (χ1n) is 17.2. The third kappa shape index (κ3) is 5.32. The molecule has 0 unspecified atom stereocenters. The molecule has 0 N–H and O–H groups in total. The van der Waals surface area contributed by atoms with Crippen LogP contribution in [0.5, 0.6) is 0 Å². The highest BCUT2D eigenvalue weighted by molar-refractivity contribution is 14.2. The van der Waals surface area contributed by atoms with Gasteiger partial charge in [0.05, 0.1) is 11.4 Å². The van der Waals surface area contributed by atoms with Crippen LogP contribution in [0, 0.1) is 17.9 Å². The molecule has 1 aliphatic rings. The molecule has 0 bridgehead atoms. The van der Waals surface area contributed by atoms with Crippen LogP contribution in [0.25, 0.3) is 32.7 Å². The molecule has 0 fully saturated rings. The van der Waals surface area contributed by atoms with Crippen LogP contribution in [0.4, 0.5) is 38.5 Å². The molecule has 0 aliphatic heterocycles. The number of hydrogen-bond acceptors (Lipinski definition) is 3. The first-order valence-corrected chi connectivity index (χ1v) is 20.6. The Morgan fingerprint density at radius 2 is 1.25 bits per heavy atom. The van der Waals surface area contributed by atoms with E-state index < -0.39 is 0 Å². The number of benzene rings is 7. The first-order chi connectivity index (χ1) is 25.4. The molecule has 0 atom stereocenters. The lowest BCUT2D eigenvalue weighted by Gasteiger charge is -2.30. The summed E-state index contributed by atoms with van der Waals surface area (Å²) in [7, 11) is 1.74. The second-order valence-electron chi connectivity index (χ2n) is 13.6.